The molecule has 6 heteroatoms. The summed E-state index contributed by atoms with van der Waals surface area (Å²) in [6.07, 6.45) is 6.45. The van der Waals surface area contributed by atoms with Gasteiger partial charge in [0.15, 0.2) is 0 Å². The van der Waals surface area contributed by atoms with Crippen LogP contribution in [0.4, 0.5) is 0 Å². The van der Waals surface area contributed by atoms with E-state index in [0.29, 0.717) is 12.1 Å². The molecule has 0 fully saturated rings. The Labute approximate surface area is 146 Å². The molecule has 1 amide bonds. The number of nitrogens with zero attached hydrogens (tertiary/aromatic N) is 3. The van der Waals surface area contributed by atoms with E-state index in [4.69, 9.17) is 4.74 Å². The Bertz CT molecular complexity index is 845. The van der Waals surface area contributed by atoms with Gasteiger partial charge < -0.3 is 10.1 Å². The number of hydrogen-bond acceptors (Lipinski definition) is 4. The number of nitrogens with one attached hydrogen (secondary N) is 1. The van der Waals surface area contributed by atoms with Crippen molar-refractivity contribution < 1.29 is 9.53 Å². The molecule has 2 heterocycles. The summed E-state index contributed by atoms with van der Waals surface area (Å²) in [6.45, 7) is 4.34. The maximum absolute atomic E-state index is 12.3. The fraction of sp³-hybridized carbons (Fsp3) is 0.211. The highest BCUT2D eigenvalue weighted by molar-refractivity contribution is 5.93. The minimum atomic E-state index is -0.185. The first kappa shape index (κ1) is 16.7. The number of benzene rings is 1. The third-order valence-electron chi connectivity index (χ3n) is 3.63. The van der Waals surface area contributed by atoms with Crippen LogP contribution in [-0.2, 0) is 0 Å². The lowest BCUT2D eigenvalue weighted by atomic mass is 10.2. The van der Waals surface area contributed by atoms with Crippen LogP contribution in [0.3, 0.4) is 0 Å². The van der Waals surface area contributed by atoms with Crippen LogP contribution >= 0.6 is 0 Å². The topological polar surface area (TPSA) is 69.0 Å². The second-order valence-electron chi connectivity index (χ2n) is 5.84. The molecule has 0 aliphatic rings. The maximum Gasteiger partial charge on any atom is 0.254 e. The first-order valence-corrected chi connectivity index (χ1v) is 8.08. The van der Waals surface area contributed by atoms with Gasteiger partial charge in [0.25, 0.3) is 5.91 Å². The number of ether oxygens (including phenoxy) is 1. The maximum atomic E-state index is 12.3. The van der Waals surface area contributed by atoms with Crippen LogP contribution in [0, 0.1) is 6.92 Å². The molecule has 0 saturated carbocycles. The highest BCUT2D eigenvalue weighted by Gasteiger charge is 2.11. The van der Waals surface area contributed by atoms with E-state index in [2.05, 4.69) is 15.4 Å². The number of aryl methyl sites for hydroxylation is 1. The first-order chi connectivity index (χ1) is 12.1. The second-order valence-corrected chi connectivity index (χ2v) is 5.84. The number of hydrogen-bond donors (Lipinski definition) is 1. The number of carbonyl (C=O) groups is 1. The molecule has 0 radical (unpaired) electrons. The van der Waals surface area contributed by atoms with Gasteiger partial charge in [-0.25, -0.2) is 4.68 Å². The molecule has 0 saturated heterocycles. The van der Waals surface area contributed by atoms with Crippen LogP contribution in [0.2, 0.25) is 0 Å². The predicted molar refractivity (Wildman–Crippen MR) is 95.0 cm³/mol. The van der Waals surface area contributed by atoms with E-state index in [-0.39, 0.29) is 12.0 Å². The summed E-state index contributed by atoms with van der Waals surface area (Å²) in [5, 5.41) is 7.06. The normalized spacial score (nSPS) is 11.8. The van der Waals surface area contributed by atoms with Crippen LogP contribution in [-0.4, -0.2) is 33.3 Å². The second kappa shape index (κ2) is 7.61. The Hall–Kier alpha value is -3.15. The van der Waals surface area contributed by atoms with Gasteiger partial charge in [0.2, 0.25) is 0 Å². The molecule has 2 aromatic heterocycles. The van der Waals surface area contributed by atoms with Crippen LogP contribution in [0.1, 0.15) is 22.8 Å². The van der Waals surface area contributed by atoms with Crippen molar-refractivity contribution in [3.63, 3.8) is 0 Å². The van der Waals surface area contributed by atoms with Crippen molar-refractivity contribution in [3.8, 4) is 11.4 Å². The average Bonchev–Trinajstić information content (AvgIpc) is 3.11. The number of pyridine rings is 1. The number of carbonyl (C=O) groups excluding carboxylic acids is 1. The van der Waals surface area contributed by atoms with Gasteiger partial charge in [0, 0.05) is 12.4 Å². The summed E-state index contributed by atoms with van der Waals surface area (Å²) in [4.78, 5) is 16.3. The van der Waals surface area contributed by atoms with Gasteiger partial charge in [-0.2, -0.15) is 5.10 Å². The SMILES string of the molecule is Cc1cccc(O[C@H](C)CNC(=O)c2cnn(-c3cccnc3)c2)c1. The molecule has 0 unspecified atom stereocenters. The van der Waals surface area contributed by atoms with Gasteiger partial charge in [0.1, 0.15) is 11.9 Å². The van der Waals surface area contributed by atoms with Crippen molar-refractivity contribution in [2.45, 2.75) is 20.0 Å². The lowest BCUT2D eigenvalue weighted by molar-refractivity contribution is 0.0932. The van der Waals surface area contributed by atoms with Gasteiger partial charge in [-0.3, -0.25) is 9.78 Å². The Balaban J connectivity index is 1.55. The third-order valence-corrected chi connectivity index (χ3v) is 3.63. The zero-order valence-corrected chi connectivity index (χ0v) is 14.2. The summed E-state index contributed by atoms with van der Waals surface area (Å²) in [5.74, 6) is 0.612. The molecule has 128 valence electrons. The predicted octanol–water partition coefficient (Wildman–Crippen LogP) is 2.77. The van der Waals surface area contributed by atoms with Crippen molar-refractivity contribution in [3.05, 3.63) is 72.3 Å². The molecule has 1 aromatic carbocycles. The van der Waals surface area contributed by atoms with E-state index in [0.717, 1.165) is 17.0 Å². The van der Waals surface area contributed by atoms with E-state index < -0.39 is 0 Å². The van der Waals surface area contributed by atoms with Gasteiger partial charge in [0.05, 0.1) is 30.2 Å². The molecule has 0 aliphatic heterocycles. The zero-order chi connectivity index (χ0) is 17.6. The standard InChI is InChI=1S/C19H20N4O2/c1-14-5-3-7-18(9-14)25-15(2)10-21-19(24)16-11-22-23(13-16)17-6-4-8-20-12-17/h3-9,11-13,15H,10H2,1-2H3,(H,21,24)/t15-/m1/s1. The minimum Gasteiger partial charge on any atom is -0.489 e. The molecule has 1 N–H and O–H groups in total. The highest BCUT2D eigenvalue weighted by atomic mass is 16.5. The lowest BCUT2D eigenvalue weighted by Gasteiger charge is -2.15. The smallest absolute Gasteiger partial charge is 0.254 e. The summed E-state index contributed by atoms with van der Waals surface area (Å²) in [5.41, 5.74) is 2.43. The fourth-order valence-electron chi connectivity index (χ4n) is 2.37. The summed E-state index contributed by atoms with van der Waals surface area (Å²) in [7, 11) is 0. The summed E-state index contributed by atoms with van der Waals surface area (Å²) < 4.78 is 7.43. The lowest BCUT2D eigenvalue weighted by Crippen LogP contribution is -2.33. The Morgan fingerprint density at radius 3 is 2.92 bits per heavy atom. The Morgan fingerprint density at radius 2 is 2.16 bits per heavy atom. The molecule has 1 atom stereocenters. The molecule has 0 bridgehead atoms. The Kier molecular flexibility index (Phi) is 5.09. The van der Waals surface area contributed by atoms with Crippen molar-refractivity contribution in [2.75, 3.05) is 6.54 Å². The van der Waals surface area contributed by atoms with Gasteiger partial charge >= 0.3 is 0 Å². The van der Waals surface area contributed by atoms with Crippen molar-refractivity contribution in [1.29, 1.82) is 0 Å². The molecule has 3 rings (SSSR count). The monoisotopic (exact) mass is 336 g/mol. The van der Waals surface area contributed by atoms with Gasteiger partial charge in [-0.15, -0.1) is 0 Å². The van der Waals surface area contributed by atoms with E-state index in [1.165, 1.54) is 6.20 Å². The first-order valence-electron chi connectivity index (χ1n) is 8.08. The van der Waals surface area contributed by atoms with E-state index in [1.807, 2.05) is 50.2 Å². The highest BCUT2D eigenvalue weighted by Crippen LogP contribution is 2.14. The van der Waals surface area contributed by atoms with Crippen LogP contribution in [0.15, 0.2) is 61.2 Å². The quantitative estimate of drug-likeness (QED) is 0.751. The molecule has 0 aliphatic carbocycles. The van der Waals surface area contributed by atoms with E-state index >= 15 is 0 Å². The van der Waals surface area contributed by atoms with Crippen molar-refractivity contribution in [2.24, 2.45) is 0 Å². The van der Waals surface area contributed by atoms with Gasteiger partial charge in [-0.05, 0) is 43.7 Å². The molecule has 6 nitrogen and oxygen atoms in total. The Morgan fingerprint density at radius 1 is 1.28 bits per heavy atom. The average molecular weight is 336 g/mol. The molecule has 3 aromatic rings. The largest absolute Gasteiger partial charge is 0.489 e. The zero-order valence-electron chi connectivity index (χ0n) is 14.2. The molecule has 0 spiro atoms. The van der Waals surface area contributed by atoms with Crippen LogP contribution < -0.4 is 10.1 Å². The molecular formula is C19H20N4O2. The van der Waals surface area contributed by atoms with Crippen LogP contribution in [0.25, 0.3) is 5.69 Å². The van der Waals surface area contributed by atoms with Gasteiger partial charge in [-0.1, -0.05) is 12.1 Å². The number of amides is 1. The third kappa shape index (κ3) is 4.44. The van der Waals surface area contributed by atoms with Crippen LogP contribution in [0.5, 0.6) is 5.75 Å². The summed E-state index contributed by atoms with van der Waals surface area (Å²) in [6, 6.07) is 11.5. The number of aromatic nitrogens is 3. The fourth-order valence-corrected chi connectivity index (χ4v) is 2.37. The van der Waals surface area contributed by atoms with E-state index in [9.17, 15) is 4.79 Å². The van der Waals surface area contributed by atoms with Crippen molar-refractivity contribution in [1.82, 2.24) is 20.1 Å². The number of rotatable bonds is 6. The molecule has 25 heavy (non-hydrogen) atoms. The minimum absolute atomic E-state index is 0.140. The van der Waals surface area contributed by atoms with E-state index in [1.54, 1.807) is 23.3 Å². The molecular weight excluding hydrogens is 316 g/mol. The summed E-state index contributed by atoms with van der Waals surface area (Å²) >= 11 is 0. The van der Waals surface area contributed by atoms with Crippen molar-refractivity contribution >= 4 is 5.91 Å².